The monoisotopic (exact) mass is 335 g/mol. The Bertz CT molecular complexity index is 843. The molecule has 1 aliphatic heterocycles. The standard InChI is InChI=1S/C21H21NO3/c1-2-25-18-12-6-11-15-13-9-5-10-14(13)19(22-20(15)18)16-7-3-4-8-17(16)21(23)24/h3-9,11-14,19,22H,2,10H2,1H3,(H,23,24)/t13-,14-,19+/m1/s1. The highest BCUT2D eigenvalue weighted by Crippen LogP contribution is 2.52. The number of carboxylic acid groups (broad SMARTS) is 1. The van der Waals surface area contributed by atoms with E-state index in [2.05, 4.69) is 23.5 Å². The van der Waals surface area contributed by atoms with Crippen LogP contribution in [-0.2, 0) is 0 Å². The largest absolute Gasteiger partial charge is 0.492 e. The fourth-order valence-corrected chi connectivity index (χ4v) is 4.14. The third-order valence-electron chi connectivity index (χ3n) is 5.18. The summed E-state index contributed by atoms with van der Waals surface area (Å²) < 4.78 is 5.81. The van der Waals surface area contributed by atoms with Crippen molar-refractivity contribution in [2.24, 2.45) is 5.92 Å². The number of ether oxygens (including phenoxy) is 1. The quantitative estimate of drug-likeness (QED) is 0.801. The van der Waals surface area contributed by atoms with Gasteiger partial charge in [0.1, 0.15) is 5.75 Å². The summed E-state index contributed by atoms with van der Waals surface area (Å²) in [6, 6.07) is 13.4. The van der Waals surface area contributed by atoms with E-state index < -0.39 is 5.97 Å². The molecule has 1 aliphatic carbocycles. The number of anilines is 1. The fraction of sp³-hybridized carbons (Fsp3) is 0.286. The Morgan fingerprint density at radius 3 is 2.80 bits per heavy atom. The highest BCUT2D eigenvalue weighted by atomic mass is 16.5. The Kier molecular flexibility index (Phi) is 3.96. The van der Waals surface area contributed by atoms with E-state index in [-0.39, 0.29) is 12.0 Å². The number of aromatic carboxylic acids is 1. The zero-order valence-electron chi connectivity index (χ0n) is 14.1. The Morgan fingerprint density at radius 2 is 2.00 bits per heavy atom. The maximum absolute atomic E-state index is 11.7. The number of para-hydroxylation sites is 1. The minimum Gasteiger partial charge on any atom is -0.492 e. The molecule has 4 nitrogen and oxygen atoms in total. The lowest BCUT2D eigenvalue weighted by atomic mass is 9.76. The number of allylic oxidation sites excluding steroid dienone is 2. The van der Waals surface area contributed by atoms with Crippen LogP contribution in [0.15, 0.2) is 54.6 Å². The third-order valence-corrected chi connectivity index (χ3v) is 5.18. The number of benzene rings is 2. The second kappa shape index (κ2) is 6.28. The van der Waals surface area contributed by atoms with Crippen LogP contribution in [0.1, 0.15) is 46.8 Å². The summed E-state index contributed by atoms with van der Waals surface area (Å²) in [7, 11) is 0. The van der Waals surface area contributed by atoms with Crippen LogP contribution >= 0.6 is 0 Å². The van der Waals surface area contributed by atoms with E-state index in [1.54, 1.807) is 12.1 Å². The molecule has 25 heavy (non-hydrogen) atoms. The number of hydrogen-bond donors (Lipinski definition) is 2. The molecule has 1 heterocycles. The van der Waals surface area contributed by atoms with Crippen molar-refractivity contribution >= 4 is 11.7 Å². The number of fused-ring (bicyclic) bond motifs is 3. The van der Waals surface area contributed by atoms with Crippen molar-refractivity contribution in [1.82, 2.24) is 0 Å². The second-order valence-electron chi connectivity index (χ2n) is 6.52. The molecule has 0 spiro atoms. The van der Waals surface area contributed by atoms with E-state index in [1.807, 2.05) is 31.2 Å². The van der Waals surface area contributed by atoms with Crippen LogP contribution in [-0.4, -0.2) is 17.7 Å². The van der Waals surface area contributed by atoms with Crippen molar-refractivity contribution in [2.45, 2.75) is 25.3 Å². The first kappa shape index (κ1) is 15.8. The molecule has 2 aliphatic rings. The lowest BCUT2D eigenvalue weighted by molar-refractivity contribution is 0.0694. The van der Waals surface area contributed by atoms with Gasteiger partial charge in [-0.1, -0.05) is 42.5 Å². The van der Waals surface area contributed by atoms with Gasteiger partial charge in [-0.15, -0.1) is 0 Å². The molecule has 0 saturated heterocycles. The van der Waals surface area contributed by atoms with E-state index >= 15 is 0 Å². The Labute approximate surface area is 147 Å². The van der Waals surface area contributed by atoms with Crippen LogP contribution in [0.4, 0.5) is 5.69 Å². The normalized spacial score (nSPS) is 23.5. The predicted octanol–water partition coefficient (Wildman–Crippen LogP) is 4.61. The molecule has 0 radical (unpaired) electrons. The smallest absolute Gasteiger partial charge is 0.336 e. The summed E-state index contributed by atoms with van der Waals surface area (Å²) in [5, 5.41) is 13.2. The maximum atomic E-state index is 11.7. The molecule has 0 aromatic heterocycles. The maximum Gasteiger partial charge on any atom is 0.336 e. The van der Waals surface area contributed by atoms with Gasteiger partial charge in [0, 0.05) is 5.92 Å². The molecule has 4 heteroatoms. The topological polar surface area (TPSA) is 58.6 Å². The third kappa shape index (κ3) is 2.58. The van der Waals surface area contributed by atoms with Gasteiger partial charge in [0.15, 0.2) is 0 Å². The van der Waals surface area contributed by atoms with Gasteiger partial charge >= 0.3 is 5.97 Å². The SMILES string of the molecule is CCOc1cccc2c1N[C@H](c1ccccc1C(=O)O)[C@@H]1CC=C[C@@H]21. The molecule has 0 fully saturated rings. The molecular weight excluding hydrogens is 314 g/mol. The minimum absolute atomic E-state index is 0.0543. The molecule has 0 bridgehead atoms. The first-order chi connectivity index (χ1) is 12.2. The minimum atomic E-state index is -0.885. The molecule has 128 valence electrons. The molecule has 0 amide bonds. The highest BCUT2D eigenvalue weighted by molar-refractivity contribution is 5.90. The zero-order valence-corrected chi connectivity index (χ0v) is 14.1. The summed E-state index contributed by atoms with van der Waals surface area (Å²) >= 11 is 0. The van der Waals surface area contributed by atoms with Gasteiger partial charge in [0.05, 0.1) is 23.9 Å². The van der Waals surface area contributed by atoms with Gasteiger partial charge in [-0.05, 0) is 42.5 Å². The number of carbonyl (C=O) groups is 1. The van der Waals surface area contributed by atoms with Crippen molar-refractivity contribution in [3.8, 4) is 5.75 Å². The van der Waals surface area contributed by atoms with E-state index in [1.165, 1.54) is 5.56 Å². The summed E-state index contributed by atoms with van der Waals surface area (Å²) in [5.74, 6) is 0.536. The first-order valence-electron chi connectivity index (χ1n) is 8.71. The van der Waals surface area contributed by atoms with Gasteiger partial charge in [-0.2, -0.15) is 0 Å². The molecule has 4 rings (SSSR count). The molecule has 0 saturated carbocycles. The van der Waals surface area contributed by atoms with E-state index in [4.69, 9.17) is 4.74 Å². The average molecular weight is 335 g/mol. The second-order valence-corrected chi connectivity index (χ2v) is 6.52. The number of hydrogen-bond acceptors (Lipinski definition) is 3. The highest BCUT2D eigenvalue weighted by Gasteiger charge is 2.40. The zero-order chi connectivity index (χ0) is 17.4. The lowest BCUT2D eigenvalue weighted by Crippen LogP contribution is -2.30. The predicted molar refractivity (Wildman–Crippen MR) is 97.4 cm³/mol. The van der Waals surface area contributed by atoms with Gasteiger partial charge < -0.3 is 15.2 Å². The molecule has 0 unspecified atom stereocenters. The van der Waals surface area contributed by atoms with Crippen LogP contribution in [0.25, 0.3) is 0 Å². The molecule has 2 N–H and O–H groups in total. The summed E-state index contributed by atoms with van der Waals surface area (Å²) in [6.45, 7) is 2.57. The van der Waals surface area contributed by atoms with E-state index in [0.717, 1.165) is 23.4 Å². The molecular formula is C21H21NO3. The van der Waals surface area contributed by atoms with Gasteiger partial charge in [0.25, 0.3) is 0 Å². The van der Waals surface area contributed by atoms with Crippen LogP contribution in [0.3, 0.4) is 0 Å². The van der Waals surface area contributed by atoms with Crippen molar-refractivity contribution < 1.29 is 14.6 Å². The van der Waals surface area contributed by atoms with Gasteiger partial charge in [-0.3, -0.25) is 0 Å². The Balaban J connectivity index is 1.83. The first-order valence-corrected chi connectivity index (χ1v) is 8.71. The summed E-state index contributed by atoms with van der Waals surface area (Å²) in [5.41, 5.74) is 3.42. The number of nitrogens with one attached hydrogen (secondary N) is 1. The van der Waals surface area contributed by atoms with Gasteiger partial charge in [0.2, 0.25) is 0 Å². The summed E-state index contributed by atoms with van der Waals surface area (Å²) in [4.78, 5) is 11.7. The van der Waals surface area contributed by atoms with Crippen molar-refractivity contribution in [2.75, 3.05) is 11.9 Å². The molecule has 2 aromatic carbocycles. The Morgan fingerprint density at radius 1 is 1.20 bits per heavy atom. The van der Waals surface area contributed by atoms with E-state index in [0.29, 0.717) is 18.1 Å². The average Bonchev–Trinajstić information content (AvgIpc) is 3.11. The lowest BCUT2D eigenvalue weighted by Gasteiger charge is -2.38. The van der Waals surface area contributed by atoms with Crippen molar-refractivity contribution in [3.63, 3.8) is 0 Å². The van der Waals surface area contributed by atoms with Crippen molar-refractivity contribution in [1.29, 1.82) is 0 Å². The summed E-state index contributed by atoms with van der Waals surface area (Å²) in [6.07, 6.45) is 5.39. The number of carboxylic acids is 1. The van der Waals surface area contributed by atoms with Crippen LogP contribution in [0, 0.1) is 5.92 Å². The van der Waals surface area contributed by atoms with Crippen LogP contribution < -0.4 is 10.1 Å². The van der Waals surface area contributed by atoms with Crippen LogP contribution in [0.2, 0.25) is 0 Å². The van der Waals surface area contributed by atoms with Gasteiger partial charge in [-0.25, -0.2) is 4.79 Å². The number of rotatable bonds is 4. The Hall–Kier alpha value is -2.75. The van der Waals surface area contributed by atoms with Crippen molar-refractivity contribution in [3.05, 3.63) is 71.3 Å². The van der Waals surface area contributed by atoms with Crippen LogP contribution in [0.5, 0.6) is 5.75 Å². The molecule has 3 atom stereocenters. The fourth-order valence-electron chi connectivity index (χ4n) is 4.14. The van der Waals surface area contributed by atoms with E-state index in [9.17, 15) is 9.90 Å². The molecule has 2 aromatic rings.